The number of rotatable bonds is 4. The van der Waals surface area contributed by atoms with E-state index in [2.05, 4.69) is 0 Å². The SMILES string of the molecule is O=C(O)CN1C(=O)S/C(=C\c2ccccc2[N+](=O)[O-])C1=O. The molecule has 0 saturated carbocycles. The maximum Gasteiger partial charge on any atom is 0.323 e. The number of amides is 2. The average molecular weight is 308 g/mol. The predicted molar refractivity (Wildman–Crippen MR) is 73.4 cm³/mol. The zero-order valence-electron chi connectivity index (χ0n) is 10.4. The van der Waals surface area contributed by atoms with Crippen LogP contribution >= 0.6 is 11.8 Å². The van der Waals surface area contributed by atoms with Gasteiger partial charge in [-0.2, -0.15) is 0 Å². The number of nitro benzene ring substituents is 1. The molecule has 9 heteroatoms. The number of thioether (sulfide) groups is 1. The fourth-order valence-electron chi connectivity index (χ4n) is 1.69. The molecule has 8 nitrogen and oxygen atoms in total. The number of carbonyl (C=O) groups excluding carboxylic acids is 2. The van der Waals surface area contributed by atoms with Crippen LogP contribution in [0, 0.1) is 10.1 Å². The van der Waals surface area contributed by atoms with E-state index in [1.165, 1.54) is 24.3 Å². The van der Waals surface area contributed by atoms with E-state index in [-0.39, 0.29) is 16.2 Å². The second-order valence-corrected chi connectivity index (χ2v) is 4.97. The summed E-state index contributed by atoms with van der Waals surface area (Å²) in [6.07, 6.45) is 1.21. The highest BCUT2D eigenvalue weighted by Crippen LogP contribution is 2.33. The second-order valence-electron chi connectivity index (χ2n) is 3.98. The quantitative estimate of drug-likeness (QED) is 0.511. The highest BCUT2D eigenvalue weighted by Gasteiger charge is 2.36. The van der Waals surface area contributed by atoms with Gasteiger partial charge in [-0.3, -0.25) is 29.4 Å². The van der Waals surface area contributed by atoms with Crippen LogP contribution in [0.3, 0.4) is 0 Å². The van der Waals surface area contributed by atoms with Crippen LogP contribution in [-0.4, -0.2) is 38.6 Å². The molecule has 0 atom stereocenters. The molecule has 0 unspecified atom stereocenters. The van der Waals surface area contributed by atoms with Crippen LogP contribution in [0.5, 0.6) is 0 Å². The summed E-state index contributed by atoms with van der Waals surface area (Å²) in [5.41, 5.74) is -0.0362. The van der Waals surface area contributed by atoms with Gasteiger partial charge in [0.2, 0.25) is 0 Å². The third-order valence-electron chi connectivity index (χ3n) is 2.59. The number of hydrogen-bond donors (Lipinski definition) is 1. The minimum atomic E-state index is -1.32. The van der Waals surface area contributed by atoms with Crippen molar-refractivity contribution in [2.24, 2.45) is 0 Å². The van der Waals surface area contributed by atoms with Gasteiger partial charge >= 0.3 is 5.97 Å². The third kappa shape index (κ3) is 3.08. The maximum absolute atomic E-state index is 11.9. The van der Waals surface area contributed by atoms with E-state index >= 15 is 0 Å². The molecule has 1 saturated heterocycles. The van der Waals surface area contributed by atoms with Crippen LogP contribution in [-0.2, 0) is 9.59 Å². The lowest BCUT2D eigenvalue weighted by Gasteiger charge is -2.07. The number of aliphatic carboxylic acids is 1. The lowest BCUT2D eigenvalue weighted by atomic mass is 10.1. The zero-order valence-corrected chi connectivity index (χ0v) is 11.2. The summed E-state index contributed by atoms with van der Waals surface area (Å²) in [5, 5.41) is 18.8. The molecule has 0 spiro atoms. The fourth-order valence-corrected chi connectivity index (χ4v) is 2.52. The van der Waals surface area contributed by atoms with Crippen molar-refractivity contribution in [2.45, 2.75) is 0 Å². The molecule has 1 aliphatic rings. The Balaban J connectivity index is 2.35. The number of nitro groups is 1. The molecule has 1 N–H and O–H groups in total. The van der Waals surface area contributed by atoms with Crippen LogP contribution in [0.15, 0.2) is 29.2 Å². The Bertz CT molecular complexity index is 684. The van der Waals surface area contributed by atoms with Gasteiger partial charge in [-0.1, -0.05) is 12.1 Å². The van der Waals surface area contributed by atoms with Crippen molar-refractivity contribution in [1.82, 2.24) is 4.90 Å². The van der Waals surface area contributed by atoms with Gasteiger partial charge in [0.05, 0.1) is 15.4 Å². The molecule has 1 aromatic rings. The molecular formula is C12H8N2O6S. The van der Waals surface area contributed by atoms with Gasteiger partial charge in [0.1, 0.15) is 6.54 Å². The Morgan fingerprint density at radius 1 is 1.38 bits per heavy atom. The number of nitrogens with zero attached hydrogens (tertiary/aromatic N) is 2. The van der Waals surface area contributed by atoms with Crippen molar-refractivity contribution in [3.63, 3.8) is 0 Å². The topological polar surface area (TPSA) is 118 Å². The number of carboxylic acids is 1. The zero-order chi connectivity index (χ0) is 15.6. The summed E-state index contributed by atoms with van der Waals surface area (Å²) in [5.74, 6) is -2.09. The summed E-state index contributed by atoms with van der Waals surface area (Å²) in [7, 11) is 0. The van der Waals surface area contributed by atoms with Crippen molar-refractivity contribution in [1.29, 1.82) is 0 Å². The Labute approximate surface area is 122 Å². The number of carboxylic acid groups (broad SMARTS) is 1. The molecule has 0 aliphatic carbocycles. The smallest absolute Gasteiger partial charge is 0.323 e. The van der Waals surface area contributed by atoms with Crippen LogP contribution in [0.1, 0.15) is 5.56 Å². The molecule has 0 bridgehead atoms. The van der Waals surface area contributed by atoms with Crippen LogP contribution in [0.4, 0.5) is 10.5 Å². The number of carbonyl (C=O) groups is 3. The van der Waals surface area contributed by atoms with Crippen LogP contribution in [0.2, 0.25) is 0 Å². The minimum Gasteiger partial charge on any atom is -0.480 e. The molecule has 1 fully saturated rings. The Hall–Kier alpha value is -2.68. The van der Waals surface area contributed by atoms with Gasteiger partial charge in [0.15, 0.2) is 0 Å². The Morgan fingerprint density at radius 2 is 2.05 bits per heavy atom. The monoisotopic (exact) mass is 308 g/mol. The first-order chi connectivity index (χ1) is 9.90. The van der Waals surface area contributed by atoms with E-state index in [1.54, 1.807) is 6.07 Å². The van der Waals surface area contributed by atoms with E-state index in [0.29, 0.717) is 16.7 Å². The summed E-state index contributed by atoms with van der Waals surface area (Å²) in [6, 6.07) is 5.74. The minimum absolute atomic E-state index is 0.0458. The van der Waals surface area contributed by atoms with Crippen LogP contribution < -0.4 is 0 Å². The van der Waals surface area contributed by atoms with Crippen molar-refractivity contribution in [3.05, 3.63) is 44.8 Å². The fraction of sp³-hybridized carbons (Fsp3) is 0.0833. The molecule has 1 heterocycles. The van der Waals surface area contributed by atoms with E-state index in [9.17, 15) is 24.5 Å². The van der Waals surface area contributed by atoms with Gasteiger partial charge in [0, 0.05) is 6.07 Å². The molecule has 1 aromatic carbocycles. The third-order valence-corrected chi connectivity index (χ3v) is 3.49. The molecule has 2 rings (SSSR count). The first kappa shape index (κ1) is 14.7. The first-order valence-electron chi connectivity index (χ1n) is 5.60. The standard InChI is InChI=1S/C12H8N2O6S/c15-10(16)6-13-11(17)9(21-12(13)18)5-7-3-1-2-4-8(7)14(19)20/h1-5H,6H2,(H,15,16)/b9-5-. The van der Waals surface area contributed by atoms with Crippen molar-refractivity contribution >= 4 is 40.6 Å². The largest absolute Gasteiger partial charge is 0.480 e. The van der Waals surface area contributed by atoms with Gasteiger partial charge in [-0.15, -0.1) is 0 Å². The molecule has 21 heavy (non-hydrogen) atoms. The van der Waals surface area contributed by atoms with Crippen molar-refractivity contribution in [3.8, 4) is 0 Å². The van der Waals surface area contributed by atoms with Gasteiger partial charge < -0.3 is 5.11 Å². The summed E-state index contributed by atoms with van der Waals surface area (Å²) in [6.45, 7) is -0.737. The first-order valence-corrected chi connectivity index (χ1v) is 6.42. The molecule has 108 valence electrons. The van der Waals surface area contributed by atoms with E-state index in [4.69, 9.17) is 5.11 Å². The molecule has 2 amide bonds. The summed E-state index contributed by atoms with van der Waals surface area (Å²) < 4.78 is 0. The summed E-state index contributed by atoms with van der Waals surface area (Å²) in [4.78, 5) is 44.9. The van der Waals surface area contributed by atoms with Crippen molar-refractivity contribution in [2.75, 3.05) is 6.54 Å². The van der Waals surface area contributed by atoms with Gasteiger partial charge in [-0.05, 0) is 23.9 Å². The molecule has 0 radical (unpaired) electrons. The normalized spacial score (nSPS) is 16.6. The second kappa shape index (κ2) is 5.75. The lowest BCUT2D eigenvalue weighted by Crippen LogP contribution is -2.33. The average Bonchev–Trinajstić information content (AvgIpc) is 2.66. The molecular weight excluding hydrogens is 300 g/mol. The Kier molecular flexibility index (Phi) is 4.03. The maximum atomic E-state index is 11.9. The summed E-state index contributed by atoms with van der Waals surface area (Å²) >= 11 is 0.552. The number of benzene rings is 1. The highest BCUT2D eigenvalue weighted by molar-refractivity contribution is 8.18. The molecule has 1 aliphatic heterocycles. The highest BCUT2D eigenvalue weighted by atomic mass is 32.2. The predicted octanol–water partition coefficient (Wildman–Crippen LogP) is 1.72. The number of para-hydroxylation sites is 1. The number of imide groups is 1. The van der Waals surface area contributed by atoms with E-state index in [0.717, 1.165) is 0 Å². The van der Waals surface area contributed by atoms with Crippen molar-refractivity contribution < 1.29 is 24.4 Å². The van der Waals surface area contributed by atoms with E-state index < -0.39 is 28.6 Å². The lowest BCUT2D eigenvalue weighted by molar-refractivity contribution is -0.385. The number of hydrogen-bond acceptors (Lipinski definition) is 6. The van der Waals surface area contributed by atoms with Gasteiger partial charge in [0.25, 0.3) is 16.8 Å². The van der Waals surface area contributed by atoms with Crippen LogP contribution in [0.25, 0.3) is 6.08 Å². The Morgan fingerprint density at radius 3 is 2.67 bits per heavy atom. The van der Waals surface area contributed by atoms with Gasteiger partial charge in [-0.25, -0.2) is 0 Å². The molecule has 0 aromatic heterocycles. The van der Waals surface area contributed by atoms with E-state index in [1.807, 2.05) is 0 Å².